The molecule has 222 valence electrons. The smallest absolute Gasteiger partial charge is 0.244 e. The fourth-order valence-corrected chi connectivity index (χ4v) is 7.26. The van der Waals surface area contributed by atoms with E-state index in [1.54, 1.807) is 29.3 Å². The number of nitrogens with zero attached hydrogens (tertiary/aromatic N) is 5. The molecule has 6 rings (SSSR count). The first kappa shape index (κ1) is 28.6. The van der Waals surface area contributed by atoms with Crippen molar-refractivity contribution in [2.75, 3.05) is 13.1 Å². The second kappa shape index (κ2) is 11.0. The van der Waals surface area contributed by atoms with E-state index in [2.05, 4.69) is 32.5 Å². The minimum atomic E-state index is -1.41. The maximum atomic E-state index is 16.4. The molecule has 42 heavy (non-hydrogen) atoms. The monoisotopic (exact) mass is 576 g/mol. The lowest BCUT2D eigenvalue weighted by Crippen LogP contribution is -2.57. The van der Waals surface area contributed by atoms with Gasteiger partial charge in [0.1, 0.15) is 17.6 Å². The third-order valence-corrected chi connectivity index (χ3v) is 9.81. The summed E-state index contributed by atoms with van der Waals surface area (Å²) in [5, 5.41) is 34.1. The summed E-state index contributed by atoms with van der Waals surface area (Å²) in [6, 6.07) is 10.6. The lowest BCUT2D eigenvalue weighted by Gasteiger charge is -2.54. The number of hydrogen-bond acceptors (Lipinski definition) is 8. The second-order valence-electron chi connectivity index (χ2n) is 11.8. The molecule has 2 fully saturated rings. The minimum absolute atomic E-state index is 0.0277. The molecule has 3 unspecified atom stereocenters. The number of nitrogens with one attached hydrogen (secondary N) is 1. The highest BCUT2D eigenvalue weighted by Crippen LogP contribution is 2.53. The number of carbonyl (C=O) groups excluding carboxylic acids is 2. The molecule has 11 heteroatoms. The predicted octanol–water partition coefficient (Wildman–Crippen LogP) is 2.92. The molecule has 0 saturated carbocycles. The largest absolute Gasteiger partial charge is 0.384 e. The first-order valence-corrected chi connectivity index (χ1v) is 14.7. The Kier molecular flexibility index (Phi) is 7.46. The predicted molar refractivity (Wildman–Crippen MR) is 151 cm³/mol. The molecular formula is C31H37FN6O4. The number of aromatic nitrogens is 3. The van der Waals surface area contributed by atoms with E-state index in [0.29, 0.717) is 50.0 Å². The van der Waals surface area contributed by atoms with Crippen LogP contribution >= 0.6 is 0 Å². The summed E-state index contributed by atoms with van der Waals surface area (Å²) in [5.74, 6) is -1.34. The Morgan fingerprint density at radius 3 is 2.45 bits per heavy atom. The van der Waals surface area contributed by atoms with Crippen molar-refractivity contribution in [1.29, 1.82) is 0 Å². The van der Waals surface area contributed by atoms with Crippen LogP contribution in [0.2, 0.25) is 0 Å². The number of aliphatic hydroxyl groups excluding tert-OH is 1. The van der Waals surface area contributed by atoms with Crippen molar-refractivity contribution in [3.63, 3.8) is 0 Å². The SMILES string of the molecule is CCC1(CC)CN(Cc2ccc(-n3nccn3)cc2)CCC1(O)c1ccc2c(c1F)CN(C1CCC(=O)NC1=O)C2O. The van der Waals surface area contributed by atoms with Crippen molar-refractivity contribution >= 4 is 11.8 Å². The molecule has 0 bridgehead atoms. The molecule has 0 radical (unpaired) electrons. The Labute approximate surface area is 244 Å². The van der Waals surface area contributed by atoms with Gasteiger partial charge in [0.05, 0.1) is 24.1 Å². The van der Waals surface area contributed by atoms with Gasteiger partial charge in [-0.05, 0) is 43.4 Å². The van der Waals surface area contributed by atoms with Crippen LogP contribution in [0.3, 0.4) is 0 Å². The Morgan fingerprint density at radius 2 is 1.79 bits per heavy atom. The highest BCUT2D eigenvalue weighted by Gasteiger charge is 2.54. The molecule has 2 amide bonds. The number of piperidine rings is 2. The van der Waals surface area contributed by atoms with Gasteiger partial charge in [-0.1, -0.05) is 38.1 Å². The number of halogens is 1. The minimum Gasteiger partial charge on any atom is -0.384 e. The van der Waals surface area contributed by atoms with Gasteiger partial charge in [0.25, 0.3) is 0 Å². The van der Waals surface area contributed by atoms with Crippen molar-refractivity contribution in [1.82, 2.24) is 30.1 Å². The van der Waals surface area contributed by atoms with Gasteiger partial charge in [-0.25, -0.2) is 4.39 Å². The number of fused-ring (bicyclic) bond motifs is 1. The number of aliphatic hydroxyl groups is 2. The van der Waals surface area contributed by atoms with E-state index in [0.717, 1.165) is 11.3 Å². The number of rotatable bonds is 7. The lowest BCUT2D eigenvalue weighted by molar-refractivity contribution is -0.150. The van der Waals surface area contributed by atoms with Crippen LogP contribution in [0.5, 0.6) is 0 Å². The average molecular weight is 577 g/mol. The molecular weight excluding hydrogens is 539 g/mol. The van der Waals surface area contributed by atoms with Gasteiger partial charge >= 0.3 is 0 Å². The van der Waals surface area contributed by atoms with Gasteiger partial charge in [0.15, 0.2) is 0 Å². The van der Waals surface area contributed by atoms with Crippen molar-refractivity contribution in [3.05, 3.63) is 76.9 Å². The molecule has 4 heterocycles. The second-order valence-corrected chi connectivity index (χ2v) is 11.8. The molecule has 3 aliphatic rings. The summed E-state index contributed by atoms with van der Waals surface area (Å²) in [4.78, 5) is 29.6. The van der Waals surface area contributed by atoms with Gasteiger partial charge in [0.2, 0.25) is 11.8 Å². The highest BCUT2D eigenvalue weighted by atomic mass is 19.1. The Bertz CT molecular complexity index is 1480. The Morgan fingerprint density at radius 1 is 1.07 bits per heavy atom. The van der Waals surface area contributed by atoms with Crippen LogP contribution in [0.4, 0.5) is 4.39 Å². The molecule has 3 aliphatic heterocycles. The maximum absolute atomic E-state index is 16.4. The van der Waals surface area contributed by atoms with Crippen molar-refractivity contribution < 1.29 is 24.2 Å². The number of imide groups is 1. The van der Waals surface area contributed by atoms with Crippen LogP contribution in [-0.4, -0.2) is 66.0 Å². The number of carbonyl (C=O) groups is 2. The summed E-state index contributed by atoms with van der Waals surface area (Å²) in [6.07, 6.45) is 4.21. The van der Waals surface area contributed by atoms with E-state index in [-0.39, 0.29) is 30.9 Å². The van der Waals surface area contributed by atoms with Crippen molar-refractivity contribution in [3.8, 4) is 5.69 Å². The van der Waals surface area contributed by atoms with Gasteiger partial charge in [-0.2, -0.15) is 15.0 Å². The van der Waals surface area contributed by atoms with Crippen molar-refractivity contribution in [2.45, 2.75) is 76.9 Å². The topological polar surface area (TPSA) is 124 Å². The normalized spacial score (nSPS) is 26.3. The fourth-order valence-electron chi connectivity index (χ4n) is 7.26. The molecule has 3 atom stereocenters. The van der Waals surface area contributed by atoms with Gasteiger partial charge < -0.3 is 10.2 Å². The van der Waals surface area contributed by atoms with Crippen LogP contribution < -0.4 is 5.32 Å². The highest BCUT2D eigenvalue weighted by molar-refractivity contribution is 6.00. The van der Waals surface area contributed by atoms with E-state index < -0.39 is 35.0 Å². The number of benzene rings is 2. The van der Waals surface area contributed by atoms with E-state index in [1.807, 2.05) is 26.0 Å². The Hall–Kier alpha value is -3.51. The molecule has 2 aromatic carbocycles. The summed E-state index contributed by atoms with van der Waals surface area (Å²) in [6.45, 7) is 6.00. The molecule has 0 spiro atoms. The van der Waals surface area contributed by atoms with Crippen LogP contribution in [0, 0.1) is 11.2 Å². The zero-order valence-electron chi connectivity index (χ0n) is 24.0. The van der Waals surface area contributed by atoms with Crippen LogP contribution in [0.25, 0.3) is 5.69 Å². The van der Waals surface area contributed by atoms with Crippen LogP contribution in [-0.2, 0) is 28.3 Å². The van der Waals surface area contributed by atoms with Crippen LogP contribution in [0.15, 0.2) is 48.8 Å². The zero-order chi connectivity index (χ0) is 29.6. The van der Waals surface area contributed by atoms with E-state index in [1.165, 1.54) is 4.90 Å². The molecule has 3 N–H and O–H groups in total. The van der Waals surface area contributed by atoms with Crippen LogP contribution in [0.1, 0.15) is 74.4 Å². The van der Waals surface area contributed by atoms with Gasteiger partial charge in [-0.15, -0.1) is 0 Å². The average Bonchev–Trinajstić information content (AvgIpc) is 3.64. The quantitative estimate of drug-likeness (QED) is 0.367. The Balaban J connectivity index is 1.24. The molecule has 2 saturated heterocycles. The van der Waals surface area contributed by atoms with Gasteiger partial charge in [0, 0.05) is 54.7 Å². The summed E-state index contributed by atoms with van der Waals surface area (Å²) >= 11 is 0. The number of likely N-dealkylation sites (tertiary alicyclic amines) is 1. The summed E-state index contributed by atoms with van der Waals surface area (Å²) < 4.78 is 16.4. The summed E-state index contributed by atoms with van der Waals surface area (Å²) in [5.41, 5.74) is 0.945. The van der Waals surface area contributed by atoms with Crippen molar-refractivity contribution in [2.24, 2.45) is 5.41 Å². The van der Waals surface area contributed by atoms with E-state index >= 15 is 4.39 Å². The third-order valence-electron chi connectivity index (χ3n) is 9.81. The third kappa shape index (κ3) is 4.64. The first-order valence-electron chi connectivity index (χ1n) is 14.7. The fraction of sp³-hybridized carbons (Fsp3) is 0.484. The number of hydrogen-bond donors (Lipinski definition) is 3. The van der Waals surface area contributed by atoms with E-state index in [4.69, 9.17) is 0 Å². The lowest BCUT2D eigenvalue weighted by atomic mass is 9.61. The zero-order valence-corrected chi connectivity index (χ0v) is 24.0. The van der Waals surface area contributed by atoms with E-state index in [9.17, 15) is 19.8 Å². The standard InChI is InChI=1S/C31H37FN6O4/c1-3-30(4-2)19-36(17-20-5-7-21(8-6-20)38-33-14-15-34-38)16-13-31(30,42)24-10-9-22-23(27(24)32)18-37(29(22)41)25-11-12-26(39)35-28(25)40/h5-10,14-15,25,29,41-42H,3-4,11-13,16-19H2,1-2H3,(H,35,39,40). The van der Waals surface area contributed by atoms with Gasteiger partial charge in [-0.3, -0.25) is 24.7 Å². The molecule has 10 nitrogen and oxygen atoms in total. The molecule has 1 aromatic heterocycles. The summed E-state index contributed by atoms with van der Waals surface area (Å²) in [7, 11) is 0. The molecule has 0 aliphatic carbocycles. The maximum Gasteiger partial charge on any atom is 0.244 e. The number of amides is 2. The first-order chi connectivity index (χ1) is 20.2. The molecule has 3 aromatic rings.